The van der Waals surface area contributed by atoms with Crippen molar-refractivity contribution in [1.29, 1.82) is 0 Å². The molecule has 0 spiro atoms. The van der Waals surface area contributed by atoms with Gasteiger partial charge in [-0.05, 0) is 0 Å². The van der Waals surface area contributed by atoms with Crippen LogP contribution >= 0.6 is 7.60 Å². The predicted octanol–water partition coefficient (Wildman–Crippen LogP) is -1.45. The van der Waals surface area contributed by atoms with Crippen LogP contribution in [0.3, 0.4) is 0 Å². The summed E-state index contributed by atoms with van der Waals surface area (Å²) in [6, 6.07) is -1.04. The van der Waals surface area contributed by atoms with Gasteiger partial charge in [-0.15, -0.1) is 0 Å². The summed E-state index contributed by atoms with van der Waals surface area (Å²) in [5.74, 6) is -0.868. The summed E-state index contributed by atoms with van der Waals surface area (Å²) < 4.78 is 53.8. The van der Waals surface area contributed by atoms with Gasteiger partial charge >= 0.3 is 13.8 Å². The molecule has 23 heavy (non-hydrogen) atoms. The quantitative estimate of drug-likeness (QED) is 0.439. The Balaban J connectivity index is 2.11. The lowest BCUT2D eigenvalue weighted by Gasteiger charge is -2.31. The molecule has 2 heterocycles. The predicted molar refractivity (Wildman–Crippen MR) is 70.4 cm³/mol. The zero-order valence-electron chi connectivity index (χ0n) is 11.3. The molecule has 10 nitrogen and oxygen atoms in total. The lowest BCUT2D eigenvalue weighted by atomic mass is 10.2. The second-order valence-corrected chi connectivity index (χ2v) is 6.40. The van der Waals surface area contributed by atoms with Crippen LogP contribution in [0.1, 0.15) is 0 Å². The number of rotatable bonds is 5. The number of carbonyl (C=O) groups is 1. The molecule has 2 aliphatic heterocycles. The van der Waals surface area contributed by atoms with Crippen LogP contribution in [0.4, 0.5) is 13.2 Å². The molecule has 0 saturated carbocycles. The first-order valence-electron chi connectivity index (χ1n) is 6.13. The van der Waals surface area contributed by atoms with E-state index in [0.717, 1.165) is 11.2 Å². The number of nitrogens with two attached hydrogens (primary N) is 1. The van der Waals surface area contributed by atoms with E-state index in [1.807, 2.05) is 0 Å². The Morgan fingerprint density at radius 1 is 1.52 bits per heavy atom. The average Bonchev–Trinajstić information content (AvgIpc) is 2.75. The second kappa shape index (κ2) is 6.07. The highest BCUT2D eigenvalue weighted by Gasteiger charge is 2.46. The Morgan fingerprint density at radius 2 is 2.17 bits per heavy atom. The van der Waals surface area contributed by atoms with Crippen molar-refractivity contribution in [3.63, 3.8) is 0 Å². The highest BCUT2D eigenvalue weighted by molar-refractivity contribution is 7.51. The van der Waals surface area contributed by atoms with Crippen LogP contribution in [0.2, 0.25) is 0 Å². The molecular weight excluding hydrogens is 346 g/mol. The Bertz CT molecular complexity index is 591. The zero-order chi connectivity index (χ0) is 17.4. The van der Waals surface area contributed by atoms with Gasteiger partial charge in [0.1, 0.15) is 6.35 Å². The number of guanidine groups is 1. The highest BCUT2D eigenvalue weighted by Crippen LogP contribution is 2.36. The summed E-state index contributed by atoms with van der Waals surface area (Å²) >= 11 is 0. The van der Waals surface area contributed by atoms with Crippen molar-refractivity contribution >= 4 is 25.8 Å². The SMILES string of the molecule is NC1=NC2C(N=CN2CC(OCP(=O)(O)O)C(F)(F)F)C(=O)N1. The first kappa shape index (κ1) is 17.7. The molecule has 130 valence electrons. The number of hydrogen-bond acceptors (Lipinski definition) is 7. The van der Waals surface area contributed by atoms with E-state index in [0.29, 0.717) is 0 Å². The average molecular weight is 359 g/mol. The van der Waals surface area contributed by atoms with Crippen molar-refractivity contribution in [1.82, 2.24) is 10.2 Å². The van der Waals surface area contributed by atoms with E-state index in [1.165, 1.54) is 0 Å². The van der Waals surface area contributed by atoms with Crippen molar-refractivity contribution < 1.29 is 37.1 Å². The van der Waals surface area contributed by atoms with Crippen molar-refractivity contribution in [2.24, 2.45) is 15.7 Å². The van der Waals surface area contributed by atoms with Gasteiger partial charge in [0.05, 0.1) is 12.9 Å². The molecule has 0 radical (unpaired) electrons. The van der Waals surface area contributed by atoms with Crippen molar-refractivity contribution in [3.05, 3.63) is 0 Å². The van der Waals surface area contributed by atoms with Crippen LogP contribution in [0, 0.1) is 0 Å². The lowest BCUT2D eigenvalue weighted by molar-refractivity contribution is -0.218. The fourth-order valence-corrected chi connectivity index (χ4v) is 2.37. The van der Waals surface area contributed by atoms with Gasteiger partial charge in [0, 0.05) is 0 Å². The van der Waals surface area contributed by atoms with E-state index in [-0.39, 0.29) is 5.96 Å². The lowest BCUT2D eigenvalue weighted by Crippen LogP contribution is -2.55. The van der Waals surface area contributed by atoms with Crippen molar-refractivity contribution in [3.8, 4) is 0 Å². The third kappa shape index (κ3) is 4.41. The largest absolute Gasteiger partial charge is 0.416 e. The zero-order valence-corrected chi connectivity index (χ0v) is 12.2. The Kier molecular flexibility index (Phi) is 4.66. The Hall–Kier alpha value is -1.69. The van der Waals surface area contributed by atoms with Crippen LogP contribution in [0.5, 0.6) is 0 Å². The van der Waals surface area contributed by atoms with Gasteiger partial charge in [0.25, 0.3) is 5.91 Å². The van der Waals surface area contributed by atoms with Crippen molar-refractivity contribution in [2.45, 2.75) is 24.5 Å². The summed E-state index contributed by atoms with van der Waals surface area (Å²) in [5.41, 5.74) is 5.36. The minimum Gasteiger partial charge on any atom is -0.370 e. The number of amides is 1. The van der Waals surface area contributed by atoms with E-state index in [2.05, 4.69) is 20.0 Å². The maximum atomic E-state index is 12.9. The molecule has 0 saturated heterocycles. The van der Waals surface area contributed by atoms with E-state index in [4.69, 9.17) is 15.5 Å². The summed E-state index contributed by atoms with van der Waals surface area (Å²) in [6.45, 7) is -0.849. The molecular formula is C9H13F3N5O5P. The van der Waals surface area contributed by atoms with Crippen LogP contribution < -0.4 is 11.1 Å². The summed E-state index contributed by atoms with van der Waals surface area (Å²) in [4.78, 5) is 37.4. The van der Waals surface area contributed by atoms with Gasteiger partial charge in [0.15, 0.2) is 24.3 Å². The normalized spacial score (nSPS) is 25.9. The number of aliphatic imine (C=N–C) groups is 2. The maximum absolute atomic E-state index is 12.9. The number of halogens is 3. The van der Waals surface area contributed by atoms with E-state index in [1.54, 1.807) is 0 Å². The maximum Gasteiger partial charge on any atom is 0.416 e. The molecule has 3 unspecified atom stereocenters. The molecule has 1 amide bonds. The minimum absolute atomic E-state index is 0.258. The molecule has 0 fully saturated rings. The number of hydrogen-bond donors (Lipinski definition) is 4. The third-order valence-electron chi connectivity index (χ3n) is 2.97. The topological polar surface area (TPSA) is 150 Å². The second-order valence-electron chi connectivity index (χ2n) is 4.81. The van der Waals surface area contributed by atoms with Crippen LogP contribution in [0.15, 0.2) is 9.98 Å². The molecule has 2 rings (SSSR count). The highest BCUT2D eigenvalue weighted by atomic mass is 31.2. The number of nitrogens with one attached hydrogen (secondary N) is 1. The summed E-state index contributed by atoms with van der Waals surface area (Å²) in [6.07, 6.45) is -8.83. The molecule has 2 aliphatic rings. The minimum atomic E-state index is -4.88. The molecule has 3 atom stereocenters. The number of ether oxygens (including phenoxy) is 1. The number of alkyl halides is 3. The molecule has 0 aliphatic carbocycles. The molecule has 0 aromatic rings. The number of nitrogens with zero attached hydrogens (tertiary/aromatic N) is 3. The third-order valence-corrected chi connectivity index (χ3v) is 3.46. The summed E-state index contributed by atoms with van der Waals surface area (Å²) in [7, 11) is -4.77. The monoisotopic (exact) mass is 359 g/mol. The van der Waals surface area contributed by atoms with Gasteiger partial charge in [0.2, 0.25) is 0 Å². The van der Waals surface area contributed by atoms with Gasteiger partial charge in [-0.1, -0.05) is 0 Å². The Labute approximate surface area is 127 Å². The van der Waals surface area contributed by atoms with Crippen LogP contribution in [-0.2, 0) is 14.1 Å². The van der Waals surface area contributed by atoms with Gasteiger partial charge in [-0.3, -0.25) is 19.7 Å². The first-order chi connectivity index (χ1) is 10.5. The molecule has 0 bridgehead atoms. The molecule has 14 heteroatoms. The molecule has 0 aromatic heterocycles. The van der Waals surface area contributed by atoms with Crippen molar-refractivity contribution in [2.75, 3.05) is 12.9 Å². The Morgan fingerprint density at radius 3 is 2.74 bits per heavy atom. The fourth-order valence-electron chi connectivity index (χ4n) is 1.99. The van der Waals surface area contributed by atoms with Gasteiger partial charge in [-0.25, -0.2) is 4.99 Å². The smallest absolute Gasteiger partial charge is 0.370 e. The first-order valence-corrected chi connectivity index (χ1v) is 7.93. The van der Waals surface area contributed by atoms with Crippen LogP contribution in [-0.4, -0.2) is 70.3 Å². The summed E-state index contributed by atoms with van der Waals surface area (Å²) in [5, 5.41) is 2.19. The van der Waals surface area contributed by atoms with Crippen LogP contribution in [0.25, 0.3) is 0 Å². The van der Waals surface area contributed by atoms with E-state index in [9.17, 15) is 22.5 Å². The van der Waals surface area contributed by atoms with Gasteiger partial charge < -0.3 is 25.2 Å². The molecule has 0 aromatic carbocycles. The number of fused-ring (bicyclic) bond motifs is 1. The van der Waals surface area contributed by atoms with E-state index >= 15 is 0 Å². The number of carbonyl (C=O) groups excluding carboxylic acids is 1. The fraction of sp³-hybridized carbons (Fsp3) is 0.667. The van der Waals surface area contributed by atoms with Gasteiger partial charge in [-0.2, -0.15) is 13.2 Å². The standard InChI is InChI=1S/C9H13F3N5O5P/c10-9(11,12)4(22-3-23(19,20)21)1-17-2-14-5-6(17)15-8(13)16-7(5)18/h2,4-6H,1,3H2,(H2,19,20,21)(H3,13,15,16,18). The van der Waals surface area contributed by atoms with E-state index < -0.39 is 50.9 Å². The molecule has 5 N–H and O–H groups in total.